The van der Waals surface area contributed by atoms with Crippen LogP contribution in [-0.2, 0) is 11.0 Å². The number of hydrogen-bond donors (Lipinski definition) is 2. The summed E-state index contributed by atoms with van der Waals surface area (Å²) in [6.07, 6.45) is -2.75. The van der Waals surface area contributed by atoms with Crippen LogP contribution in [0.3, 0.4) is 0 Å². The number of β-amino-alcohol motifs (C(OH)–C–C–N with tert-alkyl or cyclic N) is 1. The first-order chi connectivity index (χ1) is 19.1. The molecule has 1 aliphatic rings. The Kier molecular flexibility index (Phi) is 7.92. The van der Waals surface area contributed by atoms with Crippen molar-refractivity contribution < 1.29 is 32.7 Å². The highest BCUT2D eigenvalue weighted by Gasteiger charge is 2.41. The Morgan fingerprint density at radius 2 is 1.93 bits per heavy atom. The molecule has 0 aliphatic carbocycles. The first-order valence-corrected chi connectivity index (χ1v) is 12.9. The number of likely N-dealkylation sites (tertiary alicyclic amines) is 1. The molecular weight excluding hydrogens is 551 g/mol. The van der Waals surface area contributed by atoms with Gasteiger partial charge >= 0.3 is 12.1 Å². The number of carbonyl (C=O) groups is 1. The third kappa shape index (κ3) is 6.03. The molecule has 1 fully saturated rings. The second-order valence-corrected chi connectivity index (χ2v) is 10.1. The molecule has 13 heteroatoms. The average Bonchev–Trinajstić information content (AvgIpc) is 3.57. The lowest BCUT2D eigenvalue weighted by Crippen LogP contribution is -2.38. The van der Waals surface area contributed by atoms with Crippen molar-refractivity contribution in [1.82, 2.24) is 24.8 Å². The number of para-hydroxylation sites is 1. The number of carboxylic acid groups (broad SMARTS) is 1. The van der Waals surface area contributed by atoms with E-state index < -0.39 is 23.9 Å². The second kappa shape index (κ2) is 11.4. The Balaban J connectivity index is 1.33. The molecule has 0 radical (unpaired) electrons. The van der Waals surface area contributed by atoms with E-state index in [0.29, 0.717) is 28.9 Å². The van der Waals surface area contributed by atoms with Crippen LogP contribution < -0.4 is 0 Å². The van der Waals surface area contributed by atoms with Crippen molar-refractivity contribution in [3.05, 3.63) is 71.0 Å². The highest BCUT2D eigenvalue weighted by atomic mass is 35.5. The molecule has 3 heterocycles. The van der Waals surface area contributed by atoms with Gasteiger partial charge < -0.3 is 19.6 Å². The Morgan fingerprint density at radius 3 is 2.62 bits per heavy atom. The molecule has 2 N–H and O–H groups in total. The summed E-state index contributed by atoms with van der Waals surface area (Å²) in [5.41, 5.74) is -0.317. The summed E-state index contributed by atoms with van der Waals surface area (Å²) in [6, 6.07) is 12.7. The van der Waals surface area contributed by atoms with Crippen LogP contribution in [0.25, 0.3) is 28.5 Å². The van der Waals surface area contributed by atoms with E-state index in [1.54, 1.807) is 36.4 Å². The summed E-state index contributed by atoms with van der Waals surface area (Å²) in [4.78, 5) is 17.3. The second-order valence-electron chi connectivity index (χ2n) is 9.69. The summed E-state index contributed by atoms with van der Waals surface area (Å²) in [7, 11) is 0. The average molecular weight is 576 g/mol. The molecule has 0 amide bonds. The molecule has 2 unspecified atom stereocenters. The lowest BCUT2D eigenvalue weighted by atomic mass is 9.94. The molecule has 9 nitrogen and oxygen atoms in total. The summed E-state index contributed by atoms with van der Waals surface area (Å²) in [5, 5.41) is 27.6. The molecule has 0 saturated carbocycles. The smallest absolute Gasteiger partial charge is 0.434 e. The van der Waals surface area contributed by atoms with Gasteiger partial charge in [0.1, 0.15) is 0 Å². The molecule has 5 rings (SSSR count). The first kappa shape index (κ1) is 27.8. The number of halogens is 4. The first-order valence-electron chi connectivity index (χ1n) is 12.6. The molecule has 210 valence electrons. The zero-order valence-corrected chi connectivity index (χ0v) is 21.8. The maximum absolute atomic E-state index is 14.1. The van der Waals surface area contributed by atoms with E-state index in [1.807, 2.05) is 0 Å². The number of aliphatic hydroxyl groups is 1. The van der Waals surface area contributed by atoms with E-state index in [-0.39, 0.29) is 40.3 Å². The van der Waals surface area contributed by atoms with Crippen LogP contribution in [0.1, 0.15) is 36.6 Å². The van der Waals surface area contributed by atoms with Crippen LogP contribution in [0.5, 0.6) is 0 Å². The van der Waals surface area contributed by atoms with E-state index >= 15 is 0 Å². The summed E-state index contributed by atoms with van der Waals surface area (Å²) >= 11 is 6.11. The third-order valence-corrected chi connectivity index (χ3v) is 7.15. The van der Waals surface area contributed by atoms with Gasteiger partial charge in [0.05, 0.1) is 28.6 Å². The Morgan fingerprint density at radius 1 is 1.18 bits per heavy atom. The number of piperidine rings is 1. The van der Waals surface area contributed by atoms with Crippen molar-refractivity contribution >= 4 is 17.6 Å². The lowest BCUT2D eigenvalue weighted by Gasteiger charge is -2.33. The van der Waals surface area contributed by atoms with Gasteiger partial charge in [0.25, 0.3) is 5.89 Å². The van der Waals surface area contributed by atoms with Crippen molar-refractivity contribution in [3.8, 4) is 28.5 Å². The molecule has 1 saturated heterocycles. The SMILES string of the molecule is O=C(O)CC1CCCN(CC(O)c2ccc(-c3noc(-c4cnn(-c5ccccc5Cl)c4C(F)(F)F)n3)cc2)C1. The maximum Gasteiger partial charge on any atom is 0.434 e. The van der Waals surface area contributed by atoms with Crippen LogP contribution >= 0.6 is 11.6 Å². The van der Waals surface area contributed by atoms with Crippen LogP contribution in [0, 0.1) is 5.92 Å². The molecule has 2 atom stereocenters. The molecule has 2 aromatic heterocycles. The number of aliphatic carboxylic acids is 1. The standard InChI is InChI=1S/C27H25ClF3N5O4/c28-20-5-1-2-6-21(20)36-24(27(29,30)31)19(13-32-36)26-33-25(34-40-26)18-9-7-17(8-10-18)22(37)15-35-11-3-4-16(14-35)12-23(38)39/h1-2,5-10,13,16,22,37H,3-4,11-12,14-15H2,(H,38,39). The summed E-state index contributed by atoms with van der Waals surface area (Å²) in [6.45, 7) is 1.75. The van der Waals surface area contributed by atoms with E-state index in [1.165, 1.54) is 12.1 Å². The minimum absolute atomic E-state index is 0.0542. The van der Waals surface area contributed by atoms with Crippen molar-refractivity contribution in [2.24, 2.45) is 5.92 Å². The zero-order valence-electron chi connectivity index (χ0n) is 21.1. The van der Waals surface area contributed by atoms with Gasteiger partial charge in [-0.1, -0.05) is 53.2 Å². The normalized spacial score (nSPS) is 17.2. The van der Waals surface area contributed by atoms with Crippen LogP contribution in [-0.4, -0.2) is 60.6 Å². The molecule has 40 heavy (non-hydrogen) atoms. The predicted molar refractivity (Wildman–Crippen MR) is 139 cm³/mol. The van der Waals surface area contributed by atoms with Crippen LogP contribution in [0.2, 0.25) is 5.02 Å². The quantitative estimate of drug-likeness (QED) is 0.284. The van der Waals surface area contributed by atoms with E-state index in [2.05, 4.69) is 20.1 Å². The Bertz CT molecular complexity index is 1490. The summed E-state index contributed by atoms with van der Waals surface area (Å²) < 4.78 is 48.2. The molecule has 2 aromatic carbocycles. The number of nitrogens with zero attached hydrogens (tertiary/aromatic N) is 5. The maximum atomic E-state index is 14.1. The monoisotopic (exact) mass is 575 g/mol. The van der Waals surface area contributed by atoms with Gasteiger partial charge in [-0.3, -0.25) is 4.79 Å². The third-order valence-electron chi connectivity index (χ3n) is 6.83. The summed E-state index contributed by atoms with van der Waals surface area (Å²) in [5.74, 6) is -1.05. The van der Waals surface area contributed by atoms with Gasteiger partial charge in [-0.25, -0.2) is 4.68 Å². The number of aliphatic hydroxyl groups excluding tert-OH is 1. The molecule has 1 aliphatic heterocycles. The van der Waals surface area contributed by atoms with Gasteiger partial charge in [0.15, 0.2) is 5.69 Å². The number of rotatable bonds is 8. The molecule has 0 spiro atoms. The van der Waals surface area contributed by atoms with E-state index in [9.17, 15) is 23.1 Å². The topological polar surface area (TPSA) is 118 Å². The largest absolute Gasteiger partial charge is 0.481 e. The number of hydrogen-bond acceptors (Lipinski definition) is 7. The predicted octanol–water partition coefficient (Wildman–Crippen LogP) is 5.48. The van der Waals surface area contributed by atoms with Gasteiger partial charge in [0, 0.05) is 25.1 Å². The highest BCUT2D eigenvalue weighted by Crippen LogP contribution is 2.39. The van der Waals surface area contributed by atoms with Crippen LogP contribution in [0.15, 0.2) is 59.3 Å². The fraction of sp³-hybridized carbons (Fsp3) is 0.333. The lowest BCUT2D eigenvalue weighted by molar-refractivity contribution is -0.142. The number of benzene rings is 2. The number of alkyl halides is 3. The number of aromatic nitrogens is 4. The molecule has 4 aromatic rings. The minimum atomic E-state index is -4.79. The van der Waals surface area contributed by atoms with E-state index in [0.717, 1.165) is 25.6 Å². The Labute approximate surface area is 231 Å². The highest BCUT2D eigenvalue weighted by molar-refractivity contribution is 6.32. The van der Waals surface area contributed by atoms with Crippen molar-refractivity contribution in [1.29, 1.82) is 0 Å². The van der Waals surface area contributed by atoms with Gasteiger partial charge in [-0.05, 0) is 43.0 Å². The molecule has 0 bridgehead atoms. The minimum Gasteiger partial charge on any atom is -0.481 e. The van der Waals surface area contributed by atoms with Gasteiger partial charge in [-0.2, -0.15) is 23.3 Å². The van der Waals surface area contributed by atoms with Crippen molar-refractivity contribution in [3.63, 3.8) is 0 Å². The van der Waals surface area contributed by atoms with Crippen LogP contribution in [0.4, 0.5) is 13.2 Å². The fourth-order valence-corrected chi connectivity index (χ4v) is 5.18. The fourth-order valence-electron chi connectivity index (χ4n) is 4.97. The van der Waals surface area contributed by atoms with Gasteiger partial charge in [-0.15, -0.1) is 0 Å². The van der Waals surface area contributed by atoms with Crippen molar-refractivity contribution in [2.45, 2.75) is 31.5 Å². The Hall–Kier alpha value is -3.74. The number of carboxylic acids is 1. The van der Waals surface area contributed by atoms with Crippen molar-refractivity contribution in [2.75, 3.05) is 19.6 Å². The van der Waals surface area contributed by atoms with Gasteiger partial charge in [0.2, 0.25) is 5.82 Å². The van der Waals surface area contributed by atoms with E-state index in [4.69, 9.17) is 21.2 Å². The zero-order chi connectivity index (χ0) is 28.4. The molecular formula is C27H25ClF3N5O4.